The first kappa shape index (κ1) is 12.1. The molecule has 2 aliphatic heterocycles. The van der Waals surface area contributed by atoms with Crippen LogP contribution in [-0.4, -0.2) is 36.1 Å². The highest BCUT2D eigenvalue weighted by Gasteiger charge is 2.41. The summed E-state index contributed by atoms with van der Waals surface area (Å²) in [6, 6.07) is 2.20. The van der Waals surface area contributed by atoms with Gasteiger partial charge in [0.15, 0.2) is 0 Å². The average molecular weight is 266 g/mol. The summed E-state index contributed by atoms with van der Waals surface area (Å²) in [6.07, 6.45) is 2.10. The molecule has 3 rings (SSSR count). The SMILES string of the molecule is CC1NC(c2ccsc2)N(C2CCCOC2)C1=O. The van der Waals surface area contributed by atoms with E-state index in [1.165, 1.54) is 5.56 Å². The van der Waals surface area contributed by atoms with Crippen LogP contribution >= 0.6 is 11.3 Å². The molecule has 0 aliphatic carbocycles. The van der Waals surface area contributed by atoms with Crippen molar-refractivity contribution in [3.05, 3.63) is 22.4 Å². The molecule has 3 unspecified atom stereocenters. The second kappa shape index (κ2) is 4.99. The van der Waals surface area contributed by atoms with Crippen LogP contribution in [-0.2, 0) is 9.53 Å². The third-order valence-corrected chi connectivity index (χ3v) is 4.40. The molecule has 1 aromatic heterocycles. The Morgan fingerprint density at radius 2 is 2.44 bits per heavy atom. The standard InChI is InChI=1S/C13H18N2O2S/c1-9-13(16)15(11-3-2-5-17-7-11)12(14-9)10-4-6-18-8-10/h4,6,8-9,11-12,14H,2-3,5,7H2,1H3. The third kappa shape index (κ3) is 2.06. The molecule has 2 aliphatic rings. The molecule has 0 spiro atoms. The van der Waals surface area contributed by atoms with Crippen molar-refractivity contribution < 1.29 is 9.53 Å². The second-order valence-corrected chi connectivity index (χ2v) is 5.74. The van der Waals surface area contributed by atoms with Gasteiger partial charge in [-0.3, -0.25) is 10.1 Å². The number of nitrogens with one attached hydrogen (secondary N) is 1. The largest absolute Gasteiger partial charge is 0.379 e. The number of rotatable bonds is 2. The van der Waals surface area contributed by atoms with Gasteiger partial charge in [0.05, 0.1) is 18.7 Å². The summed E-state index contributed by atoms with van der Waals surface area (Å²) in [5.74, 6) is 0.196. The Kier molecular flexibility index (Phi) is 3.37. The molecule has 1 amide bonds. The molecule has 3 heterocycles. The predicted octanol–water partition coefficient (Wildman–Crippen LogP) is 1.75. The van der Waals surface area contributed by atoms with E-state index >= 15 is 0 Å². The fourth-order valence-corrected chi connectivity index (χ4v) is 3.44. The highest BCUT2D eigenvalue weighted by atomic mass is 32.1. The molecule has 1 aromatic rings. The van der Waals surface area contributed by atoms with E-state index in [0.717, 1.165) is 19.4 Å². The molecular formula is C13H18N2O2S. The van der Waals surface area contributed by atoms with Crippen LogP contribution in [0.3, 0.4) is 0 Å². The van der Waals surface area contributed by atoms with Crippen LogP contribution < -0.4 is 5.32 Å². The molecule has 4 nitrogen and oxygen atoms in total. The first-order chi connectivity index (χ1) is 8.77. The lowest BCUT2D eigenvalue weighted by Gasteiger charge is -2.34. The van der Waals surface area contributed by atoms with E-state index in [1.54, 1.807) is 11.3 Å². The zero-order valence-electron chi connectivity index (χ0n) is 10.5. The summed E-state index contributed by atoms with van der Waals surface area (Å²) in [7, 11) is 0. The highest BCUT2D eigenvalue weighted by Crippen LogP contribution is 2.31. The fraction of sp³-hybridized carbons (Fsp3) is 0.615. The van der Waals surface area contributed by atoms with Gasteiger partial charge in [-0.05, 0) is 42.2 Å². The normalized spacial score (nSPS) is 33.1. The van der Waals surface area contributed by atoms with Gasteiger partial charge in [-0.1, -0.05) is 0 Å². The summed E-state index contributed by atoms with van der Waals surface area (Å²) in [6.45, 7) is 3.43. The molecule has 0 radical (unpaired) electrons. The minimum absolute atomic E-state index is 0.0189. The van der Waals surface area contributed by atoms with E-state index in [4.69, 9.17) is 4.74 Å². The van der Waals surface area contributed by atoms with Gasteiger partial charge in [-0.2, -0.15) is 11.3 Å². The van der Waals surface area contributed by atoms with Crippen LogP contribution in [0.15, 0.2) is 16.8 Å². The van der Waals surface area contributed by atoms with Crippen molar-refractivity contribution in [2.75, 3.05) is 13.2 Å². The number of hydrogen-bond donors (Lipinski definition) is 1. The summed E-state index contributed by atoms with van der Waals surface area (Å²) in [5.41, 5.74) is 1.18. The lowest BCUT2D eigenvalue weighted by atomic mass is 10.1. The number of nitrogens with zero attached hydrogens (tertiary/aromatic N) is 1. The molecule has 5 heteroatoms. The first-order valence-electron chi connectivity index (χ1n) is 6.45. The van der Waals surface area contributed by atoms with Crippen LogP contribution in [0.5, 0.6) is 0 Å². The van der Waals surface area contributed by atoms with Crippen LogP contribution in [0.25, 0.3) is 0 Å². The van der Waals surface area contributed by atoms with Gasteiger partial charge in [0.25, 0.3) is 0 Å². The van der Waals surface area contributed by atoms with Crippen molar-refractivity contribution >= 4 is 17.2 Å². The van der Waals surface area contributed by atoms with Crippen molar-refractivity contribution in [3.8, 4) is 0 Å². The summed E-state index contributed by atoms with van der Waals surface area (Å²) >= 11 is 1.67. The second-order valence-electron chi connectivity index (χ2n) is 4.96. The van der Waals surface area contributed by atoms with Gasteiger partial charge in [-0.25, -0.2) is 0 Å². The van der Waals surface area contributed by atoms with Gasteiger partial charge in [0, 0.05) is 6.61 Å². The Labute approximate surface area is 111 Å². The van der Waals surface area contributed by atoms with Crippen molar-refractivity contribution in [3.63, 3.8) is 0 Å². The van der Waals surface area contributed by atoms with Crippen molar-refractivity contribution in [1.29, 1.82) is 0 Å². The highest BCUT2D eigenvalue weighted by molar-refractivity contribution is 7.07. The van der Waals surface area contributed by atoms with E-state index in [-0.39, 0.29) is 24.2 Å². The Morgan fingerprint density at radius 1 is 1.56 bits per heavy atom. The molecule has 2 fully saturated rings. The molecule has 3 atom stereocenters. The van der Waals surface area contributed by atoms with Crippen LogP contribution in [0.2, 0.25) is 0 Å². The number of carbonyl (C=O) groups excluding carboxylic acids is 1. The van der Waals surface area contributed by atoms with Gasteiger partial charge >= 0.3 is 0 Å². The minimum Gasteiger partial charge on any atom is -0.379 e. The molecule has 98 valence electrons. The number of carbonyl (C=O) groups is 1. The van der Waals surface area contributed by atoms with Gasteiger partial charge in [0.1, 0.15) is 6.17 Å². The molecule has 2 saturated heterocycles. The minimum atomic E-state index is -0.100. The molecule has 0 aromatic carbocycles. The summed E-state index contributed by atoms with van der Waals surface area (Å²) < 4.78 is 5.52. The van der Waals surface area contributed by atoms with Gasteiger partial charge in [-0.15, -0.1) is 0 Å². The summed E-state index contributed by atoms with van der Waals surface area (Å²) in [4.78, 5) is 14.3. The maximum absolute atomic E-state index is 12.3. The topological polar surface area (TPSA) is 41.6 Å². The van der Waals surface area contributed by atoms with Crippen LogP contribution in [0.4, 0.5) is 0 Å². The zero-order chi connectivity index (χ0) is 12.5. The molecule has 0 saturated carbocycles. The Bertz CT molecular complexity index is 415. The first-order valence-corrected chi connectivity index (χ1v) is 7.39. The lowest BCUT2D eigenvalue weighted by Crippen LogP contribution is -2.44. The van der Waals surface area contributed by atoms with Crippen molar-refractivity contribution in [2.24, 2.45) is 0 Å². The number of hydrogen-bond acceptors (Lipinski definition) is 4. The molecule has 18 heavy (non-hydrogen) atoms. The van der Waals surface area contributed by atoms with Crippen molar-refractivity contribution in [2.45, 2.75) is 38.0 Å². The molecule has 0 bridgehead atoms. The Morgan fingerprint density at radius 3 is 3.11 bits per heavy atom. The fourth-order valence-electron chi connectivity index (χ4n) is 2.76. The smallest absolute Gasteiger partial charge is 0.241 e. The predicted molar refractivity (Wildman–Crippen MR) is 70.3 cm³/mol. The van der Waals surface area contributed by atoms with Gasteiger partial charge < -0.3 is 9.64 Å². The van der Waals surface area contributed by atoms with E-state index in [0.29, 0.717) is 6.61 Å². The number of amides is 1. The Balaban J connectivity index is 1.85. The maximum Gasteiger partial charge on any atom is 0.241 e. The van der Waals surface area contributed by atoms with E-state index < -0.39 is 0 Å². The van der Waals surface area contributed by atoms with Crippen molar-refractivity contribution in [1.82, 2.24) is 10.2 Å². The zero-order valence-corrected chi connectivity index (χ0v) is 11.3. The molecular weight excluding hydrogens is 248 g/mol. The van der Waals surface area contributed by atoms with Gasteiger partial charge in [0.2, 0.25) is 5.91 Å². The maximum atomic E-state index is 12.3. The van der Waals surface area contributed by atoms with E-state index in [2.05, 4.69) is 22.1 Å². The van der Waals surface area contributed by atoms with E-state index in [1.807, 2.05) is 11.8 Å². The number of ether oxygens (including phenoxy) is 1. The average Bonchev–Trinajstić information content (AvgIpc) is 3.00. The molecule has 1 N–H and O–H groups in total. The monoisotopic (exact) mass is 266 g/mol. The van der Waals surface area contributed by atoms with Crippen LogP contribution in [0, 0.1) is 0 Å². The van der Waals surface area contributed by atoms with E-state index in [9.17, 15) is 4.79 Å². The van der Waals surface area contributed by atoms with Crippen LogP contribution in [0.1, 0.15) is 31.5 Å². The number of thiophene rings is 1. The Hall–Kier alpha value is -0.910. The summed E-state index contributed by atoms with van der Waals surface area (Å²) in [5, 5.41) is 7.55. The lowest BCUT2D eigenvalue weighted by molar-refractivity contribution is -0.135. The third-order valence-electron chi connectivity index (χ3n) is 3.70. The quantitative estimate of drug-likeness (QED) is 0.886.